The van der Waals surface area contributed by atoms with Crippen molar-refractivity contribution < 1.29 is 35.5 Å². The Morgan fingerprint density at radius 3 is 2.55 bits per heavy atom. The van der Waals surface area contributed by atoms with Gasteiger partial charge in [-0.25, -0.2) is 26.6 Å². The number of rotatable bonds is 8. The molecular weight excluding hydrogens is 553 g/mol. The zero-order chi connectivity index (χ0) is 28.9. The van der Waals surface area contributed by atoms with Crippen LogP contribution in [-0.2, 0) is 29.4 Å². The van der Waals surface area contributed by atoms with Crippen LogP contribution in [0.2, 0.25) is 0 Å². The Labute approximate surface area is 228 Å². The SMILES string of the molecule is C[C@]12Cc3cnn(-c4ccc(F)cc4)c3C=C1CC[C@@]2(O)CCc1cccc(F)c1CNS(=O)(=O)CC(F)(F)F. The Kier molecular flexibility index (Phi) is 7.16. The van der Waals surface area contributed by atoms with Gasteiger partial charge in [0.1, 0.15) is 11.6 Å². The van der Waals surface area contributed by atoms with Crippen LogP contribution in [0.5, 0.6) is 0 Å². The van der Waals surface area contributed by atoms with Crippen molar-refractivity contribution in [3.8, 4) is 5.69 Å². The molecule has 1 fully saturated rings. The minimum Gasteiger partial charge on any atom is -0.389 e. The summed E-state index contributed by atoms with van der Waals surface area (Å²) >= 11 is 0. The third-order valence-corrected chi connectivity index (χ3v) is 9.49. The standard InChI is InChI=1S/C28H28F5N3O3S/c1-26-14-19-15-34-36(22-7-5-21(29)6-8-22)25(19)13-20(26)10-12-27(26,37)11-9-18-3-2-4-24(30)23(18)16-35-40(38,39)17-28(31,32)33/h2-8,13,15,35,37H,9-12,14,16-17H2,1H3/t26-,27-/m0/s1. The number of halogens is 5. The normalized spacial score (nSPS) is 22.6. The van der Waals surface area contributed by atoms with Gasteiger partial charge in [-0.05, 0) is 79.6 Å². The molecule has 3 aromatic rings. The first kappa shape index (κ1) is 28.4. The molecule has 2 N–H and O–H groups in total. The van der Waals surface area contributed by atoms with E-state index in [0.29, 0.717) is 30.5 Å². The van der Waals surface area contributed by atoms with Gasteiger partial charge in [0.25, 0.3) is 0 Å². The quantitative estimate of drug-likeness (QED) is 0.357. The van der Waals surface area contributed by atoms with E-state index in [0.717, 1.165) is 22.9 Å². The zero-order valence-corrected chi connectivity index (χ0v) is 22.4. The molecule has 2 aliphatic carbocycles. The van der Waals surface area contributed by atoms with Gasteiger partial charge in [-0.15, -0.1) is 0 Å². The predicted molar refractivity (Wildman–Crippen MR) is 139 cm³/mol. The summed E-state index contributed by atoms with van der Waals surface area (Å²) in [5.41, 5.74) is 2.06. The van der Waals surface area contributed by atoms with Gasteiger partial charge in [-0.1, -0.05) is 24.6 Å². The molecule has 0 radical (unpaired) electrons. The van der Waals surface area contributed by atoms with Crippen LogP contribution in [0.25, 0.3) is 11.8 Å². The maximum Gasteiger partial charge on any atom is 0.404 e. The summed E-state index contributed by atoms with van der Waals surface area (Å²) in [5, 5.41) is 16.4. The maximum absolute atomic E-state index is 14.7. The van der Waals surface area contributed by atoms with Crippen LogP contribution in [-0.4, -0.2) is 40.8 Å². The van der Waals surface area contributed by atoms with Crippen LogP contribution in [0.15, 0.2) is 54.2 Å². The average Bonchev–Trinajstić information content (AvgIpc) is 3.37. The summed E-state index contributed by atoms with van der Waals surface area (Å²) in [6.45, 7) is 1.34. The number of aryl methyl sites for hydroxylation is 1. The third kappa shape index (κ3) is 5.44. The first-order valence-electron chi connectivity index (χ1n) is 12.8. The molecule has 0 unspecified atom stereocenters. The second-order valence-corrected chi connectivity index (χ2v) is 12.5. The summed E-state index contributed by atoms with van der Waals surface area (Å²) in [5.74, 6) is -3.15. The van der Waals surface area contributed by atoms with Gasteiger partial charge in [0, 0.05) is 17.5 Å². The van der Waals surface area contributed by atoms with E-state index in [1.807, 2.05) is 17.7 Å². The molecule has 2 aliphatic rings. The van der Waals surface area contributed by atoms with E-state index >= 15 is 0 Å². The minimum absolute atomic E-state index is 0.0535. The van der Waals surface area contributed by atoms with Gasteiger partial charge in [0.15, 0.2) is 5.75 Å². The molecule has 2 aromatic carbocycles. The maximum atomic E-state index is 14.7. The highest BCUT2D eigenvalue weighted by atomic mass is 32.2. The fourth-order valence-corrected chi connectivity index (χ4v) is 6.84. The molecule has 5 rings (SSSR count). The van der Waals surface area contributed by atoms with Crippen molar-refractivity contribution in [2.45, 2.75) is 57.3 Å². The van der Waals surface area contributed by atoms with Crippen LogP contribution >= 0.6 is 0 Å². The molecule has 0 saturated heterocycles. The second kappa shape index (κ2) is 10.1. The Balaban J connectivity index is 1.35. The lowest BCUT2D eigenvalue weighted by Gasteiger charge is -2.42. The first-order chi connectivity index (χ1) is 18.7. The van der Waals surface area contributed by atoms with Crippen molar-refractivity contribution >= 4 is 16.1 Å². The van der Waals surface area contributed by atoms with Crippen molar-refractivity contribution in [3.05, 3.63) is 88.3 Å². The summed E-state index contributed by atoms with van der Waals surface area (Å²) in [6.07, 6.45) is 0.804. The number of aromatic nitrogens is 2. The van der Waals surface area contributed by atoms with Crippen molar-refractivity contribution in [2.24, 2.45) is 5.41 Å². The fraction of sp³-hybridized carbons (Fsp3) is 0.393. The highest BCUT2D eigenvalue weighted by Crippen LogP contribution is 2.56. The zero-order valence-electron chi connectivity index (χ0n) is 21.6. The monoisotopic (exact) mass is 581 g/mol. The minimum atomic E-state index is -4.92. The lowest BCUT2D eigenvalue weighted by atomic mass is 9.65. The number of aliphatic hydroxyl groups is 1. The average molecular weight is 582 g/mol. The molecule has 1 heterocycles. The molecule has 40 heavy (non-hydrogen) atoms. The van der Waals surface area contributed by atoms with Crippen molar-refractivity contribution in [2.75, 3.05) is 5.75 Å². The number of nitrogens with one attached hydrogen (secondary N) is 1. The Morgan fingerprint density at radius 1 is 1.12 bits per heavy atom. The number of sulfonamides is 1. The van der Waals surface area contributed by atoms with E-state index < -0.39 is 45.3 Å². The smallest absolute Gasteiger partial charge is 0.389 e. The van der Waals surface area contributed by atoms with E-state index in [4.69, 9.17) is 0 Å². The molecule has 0 aliphatic heterocycles. The molecule has 6 nitrogen and oxygen atoms in total. The van der Waals surface area contributed by atoms with Crippen LogP contribution < -0.4 is 4.72 Å². The largest absolute Gasteiger partial charge is 0.404 e. The number of nitrogens with zero attached hydrogens (tertiary/aromatic N) is 2. The van der Waals surface area contributed by atoms with Crippen molar-refractivity contribution in [1.29, 1.82) is 0 Å². The number of hydrogen-bond donors (Lipinski definition) is 2. The fourth-order valence-electron chi connectivity index (χ4n) is 5.94. The Morgan fingerprint density at radius 2 is 1.85 bits per heavy atom. The summed E-state index contributed by atoms with van der Waals surface area (Å²) in [4.78, 5) is 0. The van der Waals surface area contributed by atoms with Gasteiger partial charge >= 0.3 is 6.18 Å². The van der Waals surface area contributed by atoms with Crippen molar-refractivity contribution in [3.63, 3.8) is 0 Å². The molecule has 1 saturated carbocycles. The lowest BCUT2D eigenvalue weighted by Crippen LogP contribution is -2.45. The Hall–Kier alpha value is -3.09. The van der Waals surface area contributed by atoms with Crippen molar-refractivity contribution in [1.82, 2.24) is 14.5 Å². The van der Waals surface area contributed by atoms with Gasteiger partial charge in [0.05, 0.1) is 23.2 Å². The van der Waals surface area contributed by atoms with E-state index in [-0.39, 0.29) is 24.2 Å². The molecule has 12 heteroatoms. The predicted octanol–water partition coefficient (Wildman–Crippen LogP) is 5.24. The van der Waals surface area contributed by atoms with E-state index in [1.165, 1.54) is 18.2 Å². The summed E-state index contributed by atoms with van der Waals surface area (Å²) in [7, 11) is -4.71. The van der Waals surface area contributed by atoms with Gasteiger partial charge < -0.3 is 5.11 Å². The highest BCUT2D eigenvalue weighted by molar-refractivity contribution is 7.89. The first-order valence-corrected chi connectivity index (χ1v) is 14.4. The molecule has 214 valence electrons. The van der Waals surface area contributed by atoms with E-state index in [9.17, 15) is 35.5 Å². The molecule has 0 amide bonds. The molecule has 1 aromatic heterocycles. The highest BCUT2D eigenvalue weighted by Gasteiger charge is 2.54. The molecule has 0 bridgehead atoms. The number of hydrogen-bond acceptors (Lipinski definition) is 4. The van der Waals surface area contributed by atoms with Crippen LogP contribution in [0.3, 0.4) is 0 Å². The summed E-state index contributed by atoms with van der Waals surface area (Å²) in [6, 6.07) is 10.1. The molecule has 2 atom stereocenters. The number of fused-ring (bicyclic) bond motifs is 2. The third-order valence-electron chi connectivity index (χ3n) is 8.20. The second-order valence-electron chi connectivity index (χ2n) is 10.7. The van der Waals surface area contributed by atoms with Gasteiger partial charge in [-0.3, -0.25) is 0 Å². The topological polar surface area (TPSA) is 84.2 Å². The van der Waals surface area contributed by atoms with E-state index in [2.05, 4.69) is 5.10 Å². The van der Waals surface area contributed by atoms with Gasteiger partial charge in [0.2, 0.25) is 10.0 Å². The Bertz CT molecular complexity index is 1570. The van der Waals surface area contributed by atoms with Crippen LogP contribution in [0, 0.1) is 17.0 Å². The van der Waals surface area contributed by atoms with E-state index in [1.54, 1.807) is 29.1 Å². The van der Waals surface area contributed by atoms with Crippen LogP contribution in [0.1, 0.15) is 48.6 Å². The van der Waals surface area contributed by atoms with Gasteiger partial charge in [-0.2, -0.15) is 18.3 Å². The lowest BCUT2D eigenvalue weighted by molar-refractivity contribution is -0.106. The van der Waals surface area contributed by atoms with Crippen LogP contribution in [0.4, 0.5) is 22.0 Å². The summed E-state index contributed by atoms with van der Waals surface area (Å²) < 4.78 is 93.1. The molecular formula is C28H28F5N3O3S. The number of benzene rings is 2. The number of alkyl halides is 3. The molecule has 0 spiro atoms.